The highest BCUT2D eigenvalue weighted by Gasteiger charge is 2.37. The maximum absolute atomic E-state index is 12.4. The normalized spacial score (nSPS) is 15.3. The Labute approximate surface area is 125 Å². The number of rotatable bonds is 3. The van der Waals surface area contributed by atoms with E-state index >= 15 is 0 Å². The second-order valence-corrected chi connectivity index (χ2v) is 6.05. The molecule has 1 aliphatic heterocycles. The average Bonchev–Trinajstić information content (AvgIpc) is 2.72. The average molecular weight is 285 g/mol. The lowest BCUT2D eigenvalue weighted by Crippen LogP contribution is -2.44. The van der Waals surface area contributed by atoms with Crippen LogP contribution in [0.2, 0.25) is 0 Å². The van der Waals surface area contributed by atoms with Crippen LogP contribution in [-0.2, 0) is 16.1 Å². The fourth-order valence-electron chi connectivity index (χ4n) is 2.33. The first-order valence-corrected chi connectivity index (χ1v) is 6.88. The van der Waals surface area contributed by atoms with Crippen molar-refractivity contribution in [3.05, 3.63) is 35.4 Å². The Hall–Kier alpha value is -2.28. The molecule has 1 heterocycles. The Kier molecular flexibility index (Phi) is 4.04. The highest BCUT2D eigenvalue weighted by Crippen LogP contribution is 2.26. The van der Waals surface area contributed by atoms with E-state index in [1.54, 1.807) is 26.8 Å². The molecule has 0 aliphatic carbocycles. The van der Waals surface area contributed by atoms with Gasteiger partial charge in [-0.1, -0.05) is 18.2 Å². The standard InChI is InChI=1S/C17H19NO3/c1-5-8-14(16(20)21-17(2,3)4)18-11-12-9-6-7-10-13(12)15(18)19/h1,6-7,9-10,14H,8,11H2,2-4H3. The van der Waals surface area contributed by atoms with E-state index < -0.39 is 17.6 Å². The maximum atomic E-state index is 12.4. The van der Waals surface area contributed by atoms with E-state index in [2.05, 4.69) is 5.92 Å². The minimum absolute atomic E-state index is 0.147. The predicted octanol–water partition coefficient (Wildman–Crippen LogP) is 2.38. The molecule has 0 bridgehead atoms. The van der Waals surface area contributed by atoms with Gasteiger partial charge >= 0.3 is 5.97 Å². The molecule has 1 amide bonds. The second kappa shape index (κ2) is 5.61. The number of esters is 1. The number of amides is 1. The number of terminal acetylenes is 1. The molecule has 0 radical (unpaired) electrons. The number of benzene rings is 1. The number of nitrogens with zero attached hydrogens (tertiary/aromatic N) is 1. The van der Waals surface area contributed by atoms with E-state index in [4.69, 9.17) is 11.2 Å². The van der Waals surface area contributed by atoms with E-state index in [9.17, 15) is 9.59 Å². The largest absolute Gasteiger partial charge is 0.458 e. The van der Waals surface area contributed by atoms with Gasteiger partial charge < -0.3 is 9.64 Å². The molecular formula is C17H19NO3. The SMILES string of the molecule is C#CCC(C(=O)OC(C)(C)C)N1Cc2ccccc2C1=O. The molecule has 1 atom stereocenters. The van der Waals surface area contributed by atoms with E-state index in [1.807, 2.05) is 18.2 Å². The zero-order valence-corrected chi connectivity index (χ0v) is 12.6. The van der Waals surface area contributed by atoms with Gasteiger partial charge in [-0.3, -0.25) is 4.79 Å². The molecule has 0 saturated carbocycles. The Morgan fingerprint density at radius 3 is 2.67 bits per heavy atom. The molecule has 4 heteroatoms. The van der Waals surface area contributed by atoms with Crippen LogP contribution >= 0.6 is 0 Å². The molecule has 1 aromatic rings. The van der Waals surface area contributed by atoms with Crippen molar-refractivity contribution in [2.45, 2.75) is 45.4 Å². The molecule has 21 heavy (non-hydrogen) atoms. The van der Waals surface area contributed by atoms with Crippen LogP contribution in [-0.4, -0.2) is 28.4 Å². The third-order valence-corrected chi connectivity index (χ3v) is 3.22. The highest BCUT2D eigenvalue weighted by molar-refractivity contribution is 6.00. The van der Waals surface area contributed by atoms with E-state index in [0.717, 1.165) is 5.56 Å². The van der Waals surface area contributed by atoms with Gasteiger partial charge in [0.25, 0.3) is 5.91 Å². The van der Waals surface area contributed by atoms with Crippen molar-refractivity contribution in [3.63, 3.8) is 0 Å². The molecule has 1 aliphatic rings. The lowest BCUT2D eigenvalue weighted by Gasteiger charge is -2.28. The van der Waals surface area contributed by atoms with Crippen LogP contribution in [0.25, 0.3) is 0 Å². The molecule has 2 rings (SSSR count). The first-order valence-electron chi connectivity index (χ1n) is 6.88. The fourth-order valence-corrected chi connectivity index (χ4v) is 2.33. The van der Waals surface area contributed by atoms with E-state index in [-0.39, 0.29) is 12.3 Å². The highest BCUT2D eigenvalue weighted by atomic mass is 16.6. The molecule has 0 aromatic heterocycles. The summed E-state index contributed by atoms with van der Waals surface area (Å²) in [6.07, 6.45) is 5.50. The smallest absolute Gasteiger partial charge is 0.330 e. The van der Waals surface area contributed by atoms with Gasteiger partial charge in [-0.25, -0.2) is 4.79 Å². The topological polar surface area (TPSA) is 46.6 Å². The van der Waals surface area contributed by atoms with Crippen LogP contribution in [0, 0.1) is 12.3 Å². The molecule has 0 fully saturated rings. The quantitative estimate of drug-likeness (QED) is 0.633. The predicted molar refractivity (Wildman–Crippen MR) is 79.4 cm³/mol. The first kappa shape index (κ1) is 15.1. The van der Waals surface area contributed by atoms with Crippen LogP contribution in [0.3, 0.4) is 0 Å². The Bertz CT molecular complexity index is 607. The summed E-state index contributed by atoms with van der Waals surface area (Å²) in [5, 5.41) is 0. The zero-order valence-electron chi connectivity index (χ0n) is 12.6. The summed E-state index contributed by atoms with van der Waals surface area (Å²) in [7, 11) is 0. The number of carbonyl (C=O) groups is 2. The molecule has 110 valence electrons. The number of hydrogen-bond acceptors (Lipinski definition) is 3. The number of hydrogen-bond donors (Lipinski definition) is 0. The summed E-state index contributed by atoms with van der Waals surface area (Å²) in [4.78, 5) is 26.3. The molecule has 4 nitrogen and oxygen atoms in total. The van der Waals surface area contributed by atoms with Crippen molar-refractivity contribution in [2.75, 3.05) is 0 Å². The summed E-state index contributed by atoms with van der Waals surface area (Å²) < 4.78 is 5.38. The van der Waals surface area contributed by atoms with Gasteiger partial charge in [-0.05, 0) is 32.4 Å². The van der Waals surface area contributed by atoms with Gasteiger partial charge in [-0.2, -0.15) is 0 Å². The Balaban J connectivity index is 2.23. The molecule has 1 aromatic carbocycles. The number of ether oxygens (including phenoxy) is 1. The van der Waals surface area contributed by atoms with Crippen LogP contribution < -0.4 is 0 Å². The van der Waals surface area contributed by atoms with Crippen molar-refractivity contribution < 1.29 is 14.3 Å². The minimum Gasteiger partial charge on any atom is -0.458 e. The molecule has 0 spiro atoms. The zero-order chi connectivity index (χ0) is 15.6. The van der Waals surface area contributed by atoms with Crippen molar-refractivity contribution in [2.24, 2.45) is 0 Å². The van der Waals surface area contributed by atoms with Crippen molar-refractivity contribution >= 4 is 11.9 Å². The molecular weight excluding hydrogens is 266 g/mol. The minimum atomic E-state index is -0.742. The first-order chi connectivity index (χ1) is 9.83. The van der Waals surface area contributed by atoms with Crippen LogP contribution in [0.15, 0.2) is 24.3 Å². The summed E-state index contributed by atoms with van der Waals surface area (Å²) in [6.45, 7) is 5.76. The maximum Gasteiger partial charge on any atom is 0.330 e. The van der Waals surface area contributed by atoms with E-state index in [0.29, 0.717) is 12.1 Å². The van der Waals surface area contributed by atoms with Gasteiger partial charge in [0.05, 0.1) is 0 Å². The lowest BCUT2D eigenvalue weighted by molar-refractivity contribution is -0.160. The monoisotopic (exact) mass is 285 g/mol. The lowest BCUT2D eigenvalue weighted by atomic mass is 10.1. The Morgan fingerprint density at radius 2 is 2.10 bits per heavy atom. The van der Waals surface area contributed by atoms with Gasteiger partial charge in [0, 0.05) is 18.5 Å². The van der Waals surface area contributed by atoms with Gasteiger partial charge in [-0.15, -0.1) is 12.3 Å². The number of fused-ring (bicyclic) bond motifs is 1. The molecule has 0 saturated heterocycles. The Morgan fingerprint density at radius 1 is 1.43 bits per heavy atom. The molecule has 1 unspecified atom stereocenters. The summed E-state index contributed by atoms with van der Waals surface area (Å²) in [5.41, 5.74) is 0.927. The second-order valence-electron chi connectivity index (χ2n) is 6.05. The van der Waals surface area contributed by atoms with Gasteiger partial charge in [0.1, 0.15) is 11.6 Å². The van der Waals surface area contributed by atoms with Crippen LogP contribution in [0.5, 0.6) is 0 Å². The summed E-state index contributed by atoms with van der Waals surface area (Å²) in [6, 6.07) is 6.59. The van der Waals surface area contributed by atoms with Gasteiger partial charge in [0.15, 0.2) is 0 Å². The van der Waals surface area contributed by atoms with Crippen LogP contribution in [0.1, 0.15) is 43.1 Å². The van der Waals surface area contributed by atoms with Gasteiger partial charge in [0.2, 0.25) is 0 Å². The van der Waals surface area contributed by atoms with Crippen molar-refractivity contribution in [1.29, 1.82) is 0 Å². The summed E-state index contributed by atoms with van der Waals surface area (Å²) >= 11 is 0. The number of carbonyl (C=O) groups excluding carboxylic acids is 2. The third-order valence-electron chi connectivity index (χ3n) is 3.22. The summed E-state index contributed by atoms with van der Waals surface area (Å²) in [5.74, 6) is 1.84. The van der Waals surface area contributed by atoms with Crippen LogP contribution in [0.4, 0.5) is 0 Å². The van der Waals surface area contributed by atoms with E-state index in [1.165, 1.54) is 4.90 Å². The third kappa shape index (κ3) is 3.25. The molecule has 0 N–H and O–H groups in total. The van der Waals surface area contributed by atoms with Crippen molar-refractivity contribution in [1.82, 2.24) is 4.90 Å². The van der Waals surface area contributed by atoms with Crippen molar-refractivity contribution in [3.8, 4) is 12.3 Å². The fraction of sp³-hybridized carbons (Fsp3) is 0.412.